The summed E-state index contributed by atoms with van der Waals surface area (Å²) in [4.78, 5) is 29.7. The fraction of sp³-hybridized carbons (Fsp3) is 0.853. The van der Waals surface area contributed by atoms with E-state index in [2.05, 4.69) is 11.5 Å². The number of likely N-dealkylation sites (N-methyl/N-ethyl adjacent to an activating group) is 1. The van der Waals surface area contributed by atoms with E-state index in [4.69, 9.17) is 28.4 Å². The molecule has 2 bridgehead atoms. The van der Waals surface area contributed by atoms with Crippen LogP contribution >= 0.6 is 0 Å². The molecular formula is C34H58NO10Y-. The van der Waals surface area contributed by atoms with Gasteiger partial charge in [0.05, 0.1) is 43.2 Å². The molecule has 0 aromatic carbocycles. The number of hydrogen-bond donors (Lipinski definition) is 2. The Labute approximate surface area is 301 Å². The summed E-state index contributed by atoms with van der Waals surface area (Å²) in [5.41, 5.74) is -2.26. The predicted octanol–water partition coefficient (Wildman–Crippen LogP) is 3.09. The molecule has 3 aliphatic rings. The molecule has 3 aliphatic heterocycles. The van der Waals surface area contributed by atoms with E-state index in [1.165, 1.54) is 6.92 Å². The molecule has 2 N–H and O–H groups in total. The number of methoxy groups -OCH3 is 1. The standard InChI is InChI=1S/C34H58NO10.Y/c1-13-25-34(9,39)30-21(5)26(36)19(3)15-33(8,42-17-18(2)16-41-30)29(22(6)27(37)23(7)31(38)44-25)45-32-28(40-12)24(35(10)11)14-20(4)43-32;/h19-22,24-26,28-30,32,36,39H,2,13-17H2,1,3-12H3;/q-1;/t19-,20-,21+,22+,24+,25-,26+,28-,29-,30?,32+,33-,34-;/m1./s1. The van der Waals surface area contributed by atoms with Crippen molar-refractivity contribution < 1.29 is 80.9 Å². The summed E-state index contributed by atoms with van der Waals surface area (Å²) in [5, 5.41) is 23.6. The quantitative estimate of drug-likeness (QED) is 0.246. The summed E-state index contributed by atoms with van der Waals surface area (Å²) in [6.45, 7) is 18.3. The Morgan fingerprint density at radius 1 is 1.13 bits per heavy atom. The van der Waals surface area contributed by atoms with Gasteiger partial charge in [-0.05, 0) is 65.6 Å². The number of carbonyl (C=O) groups is 2. The van der Waals surface area contributed by atoms with Crippen LogP contribution in [0.1, 0.15) is 74.7 Å². The Balaban J connectivity index is 0.00000736. The zero-order valence-electron chi connectivity index (χ0n) is 29.8. The Hall–Kier alpha value is -0.466. The third-order valence-corrected chi connectivity index (χ3v) is 10.2. The zero-order valence-corrected chi connectivity index (χ0v) is 32.6. The van der Waals surface area contributed by atoms with Crippen molar-refractivity contribution in [1.29, 1.82) is 0 Å². The Kier molecular flexibility index (Phi) is 15.4. The minimum Gasteiger partial charge on any atom is -0.481 e. The van der Waals surface area contributed by atoms with Crippen molar-refractivity contribution in [3.63, 3.8) is 0 Å². The smallest absolute Gasteiger partial charge is 0.186 e. The van der Waals surface area contributed by atoms with Crippen LogP contribution in [0.4, 0.5) is 0 Å². The summed E-state index contributed by atoms with van der Waals surface area (Å²) < 4.78 is 37.8. The van der Waals surface area contributed by atoms with Crippen LogP contribution < -0.4 is 0 Å². The number of cyclic esters (lactones) is 1. The van der Waals surface area contributed by atoms with E-state index in [-0.39, 0.29) is 82.7 Å². The van der Waals surface area contributed by atoms with Gasteiger partial charge in [0.2, 0.25) is 0 Å². The van der Waals surface area contributed by atoms with Gasteiger partial charge in [0.1, 0.15) is 17.8 Å². The molecule has 0 saturated carbocycles. The minimum atomic E-state index is -1.69. The number of esters is 1. The summed E-state index contributed by atoms with van der Waals surface area (Å²) in [5.74, 6) is -3.29. The van der Waals surface area contributed by atoms with E-state index in [9.17, 15) is 19.8 Å². The monoisotopic (exact) mass is 729 g/mol. The Morgan fingerprint density at radius 2 is 1.76 bits per heavy atom. The first kappa shape index (κ1) is 41.7. The molecule has 3 fully saturated rings. The molecule has 0 aromatic rings. The molecular weight excluding hydrogens is 671 g/mol. The number of aliphatic hydroxyl groups is 2. The number of ether oxygens (including phenoxy) is 6. The van der Waals surface area contributed by atoms with Gasteiger partial charge in [0.15, 0.2) is 12.3 Å². The molecule has 263 valence electrons. The second kappa shape index (κ2) is 17.0. The molecule has 1 radical (unpaired) electrons. The van der Waals surface area contributed by atoms with Crippen LogP contribution in [0, 0.1) is 23.7 Å². The third kappa shape index (κ3) is 9.00. The number of rotatable bonds is 5. The van der Waals surface area contributed by atoms with Crippen molar-refractivity contribution in [3.05, 3.63) is 18.1 Å². The first-order chi connectivity index (χ1) is 20.9. The first-order valence-corrected chi connectivity index (χ1v) is 16.3. The number of ketones is 1. The molecule has 1 unspecified atom stereocenters. The number of nitrogens with zero attached hydrogens (tertiary/aromatic N) is 1. The summed E-state index contributed by atoms with van der Waals surface area (Å²) in [6, 6.07) is -0.0212. The van der Waals surface area contributed by atoms with Crippen molar-refractivity contribution in [3.8, 4) is 0 Å². The molecule has 3 saturated heterocycles. The maximum absolute atomic E-state index is 14.1. The molecule has 0 aliphatic carbocycles. The summed E-state index contributed by atoms with van der Waals surface area (Å²) in [7, 11) is 5.56. The second-order valence-electron chi connectivity index (χ2n) is 14.3. The number of carbonyl (C=O) groups excluding carboxylic acids is 2. The average molecular weight is 730 g/mol. The zero-order chi connectivity index (χ0) is 34.0. The fourth-order valence-electron chi connectivity index (χ4n) is 7.51. The van der Waals surface area contributed by atoms with E-state index >= 15 is 0 Å². The van der Waals surface area contributed by atoms with E-state index < -0.39 is 71.6 Å². The van der Waals surface area contributed by atoms with Gasteiger partial charge in [-0.25, -0.2) is 5.92 Å². The normalized spacial score (nSPS) is 43.7. The first-order valence-electron chi connectivity index (χ1n) is 16.3. The van der Waals surface area contributed by atoms with Gasteiger partial charge in [-0.15, -0.1) is 0 Å². The van der Waals surface area contributed by atoms with Crippen LogP contribution in [-0.4, -0.2) is 121 Å². The molecule has 0 amide bonds. The van der Waals surface area contributed by atoms with Crippen molar-refractivity contribution in [1.82, 2.24) is 4.90 Å². The van der Waals surface area contributed by atoms with Crippen LogP contribution in [0.25, 0.3) is 0 Å². The molecule has 46 heavy (non-hydrogen) atoms. The number of hydrogen-bond acceptors (Lipinski definition) is 11. The average Bonchev–Trinajstić information content (AvgIpc) is 2.99. The van der Waals surface area contributed by atoms with Gasteiger partial charge in [-0.3, -0.25) is 4.79 Å². The van der Waals surface area contributed by atoms with Crippen molar-refractivity contribution in [2.75, 3.05) is 34.4 Å². The van der Waals surface area contributed by atoms with Crippen LogP contribution in [0.2, 0.25) is 0 Å². The van der Waals surface area contributed by atoms with Gasteiger partial charge >= 0.3 is 0 Å². The van der Waals surface area contributed by atoms with Crippen molar-refractivity contribution in [2.45, 2.75) is 135 Å². The van der Waals surface area contributed by atoms with Crippen molar-refractivity contribution in [2.24, 2.45) is 17.8 Å². The largest absolute Gasteiger partial charge is 0.481 e. The van der Waals surface area contributed by atoms with Gasteiger partial charge in [-0.2, -0.15) is 6.92 Å². The topological polar surface area (TPSA) is 133 Å². The van der Waals surface area contributed by atoms with Crippen LogP contribution in [-0.2, 0) is 70.7 Å². The van der Waals surface area contributed by atoms with Gasteiger partial charge in [0, 0.05) is 63.5 Å². The fourth-order valence-corrected chi connectivity index (χ4v) is 7.51. The number of aliphatic hydroxyl groups excluding tert-OH is 1. The van der Waals surface area contributed by atoms with Gasteiger partial charge < -0.3 is 48.3 Å². The van der Waals surface area contributed by atoms with Crippen LogP contribution in [0.15, 0.2) is 12.2 Å². The van der Waals surface area contributed by atoms with Crippen LogP contribution in [0.5, 0.6) is 0 Å². The maximum Gasteiger partial charge on any atom is 0.186 e. The molecule has 0 aromatic heterocycles. The number of Topliss-reactive ketones (excluding diaryl/α,β-unsaturated/α-hetero) is 1. The maximum atomic E-state index is 14.1. The van der Waals surface area contributed by atoms with E-state index in [1.807, 2.05) is 41.8 Å². The molecule has 0 spiro atoms. The number of fused-ring (bicyclic) bond motifs is 5. The molecule has 12 heteroatoms. The summed E-state index contributed by atoms with van der Waals surface area (Å²) >= 11 is 0. The van der Waals surface area contributed by atoms with E-state index in [0.29, 0.717) is 5.57 Å². The summed E-state index contributed by atoms with van der Waals surface area (Å²) in [6.07, 6.45) is -4.08. The minimum absolute atomic E-state index is 0. The second-order valence-corrected chi connectivity index (χ2v) is 14.3. The Bertz CT molecular complexity index is 1040. The van der Waals surface area contributed by atoms with E-state index in [0.717, 1.165) is 6.42 Å². The van der Waals surface area contributed by atoms with E-state index in [1.54, 1.807) is 27.9 Å². The van der Waals surface area contributed by atoms with Gasteiger partial charge in [0.25, 0.3) is 0 Å². The third-order valence-electron chi connectivity index (χ3n) is 10.2. The van der Waals surface area contributed by atoms with Gasteiger partial charge in [-0.1, -0.05) is 34.3 Å². The van der Waals surface area contributed by atoms with Crippen LogP contribution in [0.3, 0.4) is 0 Å². The molecule has 3 heterocycles. The Morgan fingerprint density at radius 3 is 2.33 bits per heavy atom. The van der Waals surface area contributed by atoms with Crippen molar-refractivity contribution >= 4 is 11.8 Å². The molecule has 13 atom stereocenters. The molecule has 3 rings (SSSR count). The predicted molar refractivity (Wildman–Crippen MR) is 168 cm³/mol. The SMILES string of the molecule is C=C1COC2[C@@H](C)[C@@H](O)[C@H](C)C[C@@](C)(OC1)[C@H](O[C@@H]1O[C@H](C)C[C@H](N(C)C)[C@H]1OC)[C@@H](C)C(=O)[C-](C)C(=O)O[C@H](CC)[C@@]2(C)O.[Y]. The molecule has 11 nitrogen and oxygen atoms in total.